The highest BCUT2D eigenvalue weighted by Crippen LogP contribution is 2.36. The van der Waals surface area contributed by atoms with Gasteiger partial charge in [0.25, 0.3) is 5.56 Å². The van der Waals surface area contributed by atoms with Crippen molar-refractivity contribution in [3.8, 4) is 0 Å². The lowest BCUT2D eigenvalue weighted by atomic mass is 9.79. The van der Waals surface area contributed by atoms with E-state index >= 15 is 0 Å². The summed E-state index contributed by atoms with van der Waals surface area (Å²) in [6, 6.07) is 13.3. The van der Waals surface area contributed by atoms with E-state index in [0.717, 1.165) is 5.56 Å². The second kappa shape index (κ2) is 11.0. The first-order valence-corrected chi connectivity index (χ1v) is 13.9. The maximum absolute atomic E-state index is 13.8. The monoisotopic (exact) mass is 547 g/mol. The van der Waals surface area contributed by atoms with Crippen LogP contribution in [0.25, 0.3) is 11.0 Å². The molecule has 2 aromatic heterocycles. The topological polar surface area (TPSA) is 118 Å². The number of aromatic nitrogens is 3. The predicted molar refractivity (Wildman–Crippen MR) is 150 cm³/mol. The summed E-state index contributed by atoms with van der Waals surface area (Å²) in [7, 11) is 0. The molecule has 0 bridgehead atoms. The first-order chi connectivity index (χ1) is 19.0. The van der Waals surface area contributed by atoms with Crippen LogP contribution in [0.5, 0.6) is 0 Å². The van der Waals surface area contributed by atoms with E-state index in [0.29, 0.717) is 51.0 Å². The molecule has 10 heteroatoms. The average molecular weight is 548 g/mol. The quantitative estimate of drug-likeness (QED) is 0.533. The van der Waals surface area contributed by atoms with Crippen molar-refractivity contribution in [3.63, 3.8) is 0 Å². The highest BCUT2D eigenvalue weighted by molar-refractivity contribution is 5.81. The van der Waals surface area contributed by atoms with E-state index < -0.39 is 11.2 Å². The zero-order chi connectivity index (χ0) is 28.5. The Morgan fingerprint density at radius 2 is 1.75 bits per heavy atom. The second-order valence-corrected chi connectivity index (χ2v) is 11.9. The van der Waals surface area contributed by atoms with Gasteiger partial charge in [-0.15, -0.1) is 0 Å². The van der Waals surface area contributed by atoms with Gasteiger partial charge in [-0.2, -0.15) is 0 Å². The number of rotatable bonds is 4. The van der Waals surface area contributed by atoms with Crippen LogP contribution in [0.1, 0.15) is 51.5 Å². The fourth-order valence-corrected chi connectivity index (χ4v) is 5.73. The molecule has 40 heavy (non-hydrogen) atoms. The van der Waals surface area contributed by atoms with Gasteiger partial charge in [0, 0.05) is 44.2 Å². The minimum absolute atomic E-state index is 0.0356. The Morgan fingerprint density at radius 3 is 2.45 bits per heavy atom. The largest absolute Gasteiger partial charge is 0.444 e. The fourth-order valence-electron chi connectivity index (χ4n) is 5.73. The minimum Gasteiger partial charge on any atom is -0.444 e. The van der Waals surface area contributed by atoms with Gasteiger partial charge >= 0.3 is 6.09 Å². The Morgan fingerprint density at radius 1 is 1.02 bits per heavy atom. The SMILES string of the molecule is CC(C)(C)OC(=O)N1CC[C@@H](C(=O)N2CCC(O)(Cn3cnc4cccnc4c3=O)CC2)[C@H](c2ccccc2)C1. The summed E-state index contributed by atoms with van der Waals surface area (Å²) in [5.74, 6) is -0.412. The number of aliphatic hydroxyl groups is 1. The summed E-state index contributed by atoms with van der Waals surface area (Å²) < 4.78 is 7.02. The normalized spacial score (nSPS) is 21.3. The Kier molecular flexibility index (Phi) is 7.63. The van der Waals surface area contributed by atoms with Crippen molar-refractivity contribution in [2.24, 2.45) is 5.92 Å². The predicted octanol–water partition coefficient (Wildman–Crippen LogP) is 3.19. The van der Waals surface area contributed by atoms with Crippen LogP contribution in [0, 0.1) is 5.92 Å². The first-order valence-electron chi connectivity index (χ1n) is 13.9. The molecule has 0 unspecified atom stereocenters. The van der Waals surface area contributed by atoms with Crippen molar-refractivity contribution in [1.29, 1.82) is 0 Å². The molecule has 2 atom stereocenters. The molecule has 2 amide bonds. The Hall–Kier alpha value is -3.79. The fraction of sp³-hybridized carbons (Fsp3) is 0.500. The summed E-state index contributed by atoms with van der Waals surface area (Å²) >= 11 is 0. The van der Waals surface area contributed by atoms with Crippen molar-refractivity contribution >= 4 is 23.0 Å². The summed E-state index contributed by atoms with van der Waals surface area (Å²) in [6.07, 6.45) is 3.86. The number of piperidine rings is 2. The van der Waals surface area contributed by atoms with Gasteiger partial charge in [0.15, 0.2) is 5.52 Å². The number of benzene rings is 1. The smallest absolute Gasteiger partial charge is 0.410 e. The number of hydrogen-bond donors (Lipinski definition) is 1. The molecule has 2 fully saturated rings. The summed E-state index contributed by atoms with van der Waals surface area (Å²) in [5.41, 5.74) is -0.225. The van der Waals surface area contributed by atoms with Gasteiger partial charge in [0.2, 0.25) is 5.91 Å². The number of fused-ring (bicyclic) bond motifs is 1. The van der Waals surface area contributed by atoms with E-state index in [9.17, 15) is 19.5 Å². The number of carbonyl (C=O) groups excluding carboxylic acids is 2. The molecule has 2 aliphatic heterocycles. The zero-order valence-corrected chi connectivity index (χ0v) is 23.3. The van der Waals surface area contributed by atoms with Crippen LogP contribution in [-0.2, 0) is 16.1 Å². The molecule has 1 aromatic carbocycles. The molecule has 0 spiro atoms. The first kappa shape index (κ1) is 27.8. The maximum Gasteiger partial charge on any atom is 0.410 e. The molecule has 1 N–H and O–H groups in total. The van der Waals surface area contributed by atoms with Gasteiger partial charge in [-0.05, 0) is 57.7 Å². The van der Waals surface area contributed by atoms with Crippen LogP contribution in [0.4, 0.5) is 4.79 Å². The molecule has 5 rings (SSSR count). The summed E-state index contributed by atoms with van der Waals surface area (Å²) in [5, 5.41) is 11.3. The zero-order valence-electron chi connectivity index (χ0n) is 23.3. The maximum atomic E-state index is 13.8. The molecule has 212 valence electrons. The van der Waals surface area contributed by atoms with Crippen molar-refractivity contribution in [2.75, 3.05) is 26.2 Å². The second-order valence-electron chi connectivity index (χ2n) is 11.9. The van der Waals surface area contributed by atoms with Gasteiger partial charge in [-0.25, -0.2) is 14.8 Å². The van der Waals surface area contributed by atoms with Crippen LogP contribution >= 0.6 is 0 Å². The molecule has 3 aromatic rings. The van der Waals surface area contributed by atoms with Crippen molar-refractivity contribution < 1.29 is 19.4 Å². The number of pyridine rings is 1. The summed E-state index contributed by atoms with van der Waals surface area (Å²) in [6.45, 7) is 7.24. The van der Waals surface area contributed by atoms with E-state index in [2.05, 4.69) is 9.97 Å². The molecule has 0 radical (unpaired) electrons. The summed E-state index contributed by atoms with van der Waals surface area (Å²) in [4.78, 5) is 51.5. The van der Waals surface area contributed by atoms with E-state index in [1.54, 1.807) is 23.2 Å². The molecular formula is C30H37N5O5. The van der Waals surface area contributed by atoms with Crippen LogP contribution in [0.3, 0.4) is 0 Å². The highest BCUT2D eigenvalue weighted by atomic mass is 16.6. The lowest BCUT2D eigenvalue weighted by Gasteiger charge is -2.43. The van der Waals surface area contributed by atoms with Crippen molar-refractivity contribution in [2.45, 2.75) is 63.7 Å². The van der Waals surface area contributed by atoms with Crippen LogP contribution in [0.2, 0.25) is 0 Å². The van der Waals surface area contributed by atoms with Crippen molar-refractivity contribution in [1.82, 2.24) is 24.3 Å². The van der Waals surface area contributed by atoms with Gasteiger partial charge < -0.3 is 19.6 Å². The van der Waals surface area contributed by atoms with E-state index in [1.807, 2.05) is 56.0 Å². The Balaban J connectivity index is 1.27. The molecule has 2 aliphatic rings. The number of carbonyl (C=O) groups is 2. The number of nitrogens with zero attached hydrogens (tertiary/aromatic N) is 5. The third kappa shape index (κ3) is 6.01. The molecule has 2 saturated heterocycles. The van der Waals surface area contributed by atoms with Crippen LogP contribution in [-0.4, -0.2) is 78.8 Å². The molecule has 4 heterocycles. The molecule has 0 aliphatic carbocycles. The van der Waals surface area contributed by atoms with Gasteiger partial charge in [0.05, 0.1) is 24.0 Å². The van der Waals surface area contributed by atoms with E-state index in [1.165, 1.54) is 10.9 Å². The Bertz CT molecular complexity index is 1430. The number of ether oxygens (including phenoxy) is 1. The molecule has 10 nitrogen and oxygen atoms in total. The third-order valence-electron chi connectivity index (χ3n) is 7.87. The van der Waals surface area contributed by atoms with E-state index in [4.69, 9.17) is 4.74 Å². The average Bonchev–Trinajstić information content (AvgIpc) is 2.94. The standard InChI is InChI=1S/C30H37N5O5/c1-29(2,3)40-28(38)34-15-11-22(23(18-34)21-8-5-4-6-9-21)26(36)33-16-12-30(39,13-17-33)19-35-20-32-24-10-7-14-31-25(24)27(35)37/h4-10,14,20,22-23,39H,11-13,15-19H2,1-3H3/t22-,23+/m1/s1. The van der Waals surface area contributed by atoms with Crippen molar-refractivity contribution in [3.05, 3.63) is 70.9 Å². The number of hydrogen-bond acceptors (Lipinski definition) is 7. The van der Waals surface area contributed by atoms with Gasteiger partial charge in [-0.1, -0.05) is 30.3 Å². The lowest BCUT2D eigenvalue weighted by molar-refractivity contribution is -0.142. The molecular weight excluding hydrogens is 510 g/mol. The van der Waals surface area contributed by atoms with Crippen LogP contribution in [0.15, 0.2) is 59.8 Å². The van der Waals surface area contributed by atoms with Gasteiger partial charge in [-0.3, -0.25) is 14.2 Å². The van der Waals surface area contributed by atoms with Crippen LogP contribution < -0.4 is 5.56 Å². The highest BCUT2D eigenvalue weighted by Gasteiger charge is 2.42. The van der Waals surface area contributed by atoms with E-state index in [-0.39, 0.29) is 41.5 Å². The lowest BCUT2D eigenvalue weighted by Crippen LogP contribution is -2.53. The van der Waals surface area contributed by atoms with Gasteiger partial charge in [0.1, 0.15) is 5.60 Å². The third-order valence-corrected chi connectivity index (χ3v) is 7.87. The number of likely N-dealkylation sites (tertiary alicyclic amines) is 2. The minimum atomic E-state index is -1.14. The Labute approximate surface area is 233 Å². The molecule has 0 saturated carbocycles. The number of amides is 2.